The summed E-state index contributed by atoms with van der Waals surface area (Å²) in [5.41, 5.74) is 5.51. The molecule has 0 radical (unpaired) electrons. The molecular weight excluding hydrogens is 376 g/mol. The second kappa shape index (κ2) is 7.06. The Morgan fingerprint density at radius 3 is 2.60 bits per heavy atom. The Balaban J connectivity index is 1.56. The molecule has 6 heteroatoms. The van der Waals surface area contributed by atoms with Crippen molar-refractivity contribution in [1.82, 2.24) is 14.3 Å². The first-order chi connectivity index (χ1) is 14.6. The molecule has 2 aromatic heterocycles. The van der Waals surface area contributed by atoms with Gasteiger partial charge in [0.15, 0.2) is 0 Å². The highest BCUT2D eigenvalue weighted by molar-refractivity contribution is 6.12. The first kappa shape index (κ1) is 18.5. The van der Waals surface area contributed by atoms with Gasteiger partial charge in [0.2, 0.25) is 0 Å². The Bertz CT molecular complexity index is 1320. The van der Waals surface area contributed by atoms with Crippen LogP contribution in [0, 0.1) is 6.92 Å². The SMILES string of the molecule is Cc1c(NC(=O)c2cccc3c4c([nH]c23)CCCC4)c(=O)n(-c2ccccc2)n1C. The lowest BCUT2D eigenvalue weighted by atomic mass is 9.95. The van der Waals surface area contributed by atoms with E-state index in [0.717, 1.165) is 29.4 Å². The summed E-state index contributed by atoms with van der Waals surface area (Å²) < 4.78 is 3.33. The van der Waals surface area contributed by atoms with E-state index in [2.05, 4.69) is 16.4 Å². The molecule has 6 nitrogen and oxygen atoms in total. The molecule has 0 fully saturated rings. The fraction of sp³-hybridized carbons (Fsp3) is 0.250. The van der Waals surface area contributed by atoms with Crippen LogP contribution in [0.25, 0.3) is 16.6 Å². The summed E-state index contributed by atoms with van der Waals surface area (Å²) in [7, 11) is 1.82. The topological polar surface area (TPSA) is 71.8 Å². The van der Waals surface area contributed by atoms with Gasteiger partial charge in [-0.1, -0.05) is 30.3 Å². The Labute approximate surface area is 174 Å². The van der Waals surface area contributed by atoms with Gasteiger partial charge in [0.05, 0.1) is 22.5 Å². The number of H-pyrrole nitrogens is 1. The van der Waals surface area contributed by atoms with Gasteiger partial charge in [-0.15, -0.1) is 0 Å². The van der Waals surface area contributed by atoms with Gasteiger partial charge in [-0.2, -0.15) is 0 Å². The van der Waals surface area contributed by atoms with Gasteiger partial charge in [-0.25, -0.2) is 4.68 Å². The van der Waals surface area contributed by atoms with Crippen molar-refractivity contribution in [3.05, 3.63) is 81.4 Å². The summed E-state index contributed by atoms with van der Waals surface area (Å²) >= 11 is 0. The van der Waals surface area contributed by atoms with Crippen molar-refractivity contribution in [3.63, 3.8) is 0 Å². The van der Waals surface area contributed by atoms with Crippen molar-refractivity contribution in [2.24, 2.45) is 7.05 Å². The first-order valence-electron chi connectivity index (χ1n) is 10.3. The molecule has 152 valence electrons. The minimum atomic E-state index is -0.273. The van der Waals surface area contributed by atoms with Crippen LogP contribution in [0.1, 0.15) is 40.2 Å². The van der Waals surface area contributed by atoms with Gasteiger partial charge in [-0.3, -0.25) is 14.3 Å². The van der Waals surface area contributed by atoms with Gasteiger partial charge in [0.25, 0.3) is 11.5 Å². The fourth-order valence-corrected chi connectivity index (χ4v) is 4.51. The number of nitrogens with zero attached hydrogens (tertiary/aromatic N) is 2. The zero-order chi connectivity index (χ0) is 20.8. The summed E-state index contributed by atoms with van der Waals surface area (Å²) in [6.45, 7) is 1.84. The smallest absolute Gasteiger partial charge is 0.295 e. The quantitative estimate of drug-likeness (QED) is 0.544. The van der Waals surface area contributed by atoms with Gasteiger partial charge < -0.3 is 10.3 Å². The largest absolute Gasteiger partial charge is 0.358 e. The number of para-hydroxylation sites is 2. The number of rotatable bonds is 3. The van der Waals surface area contributed by atoms with Crippen LogP contribution in [0.4, 0.5) is 5.69 Å². The summed E-state index contributed by atoms with van der Waals surface area (Å²) in [6, 6.07) is 15.2. The number of nitrogens with one attached hydrogen (secondary N) is 2. The monoisotopic (exact) mass is 400 g/mol. The molecule has 0 unspecified atom stereocenters. The van der Waals surface area contributed by atoms with Crippen molar-refractivity contribution in [2.75, 3.05) is 5.32 Å². The average molecular weight is 400 g/mol. The molecule has 2 N–H and O–H groups in total. The van der Waals surface area contributed by atoms with Crippen molar-refractivity contribution < 1.29 is 4.79 Å². The molecule has 2 aromatic carbocycles. The highest BCUT2D eigenvalue weighted by atomic mass is 16.2. The van der Waals surface area contributed by atoms with Gasteiger partial charge in [-0.05, 0) is 56.4 Å². The standard InChI is InChI=1S/C24H24N4O2/c1-15-21(24(30)28(27(15)2)16-9-4-3-5-10-16)26-23(29)19-13-8-12-18-17-11-6-7-14-20(17)25-22(18)19/h3-5,8-10,12-13,25H,6-7,11,14H2,1-2H3,(H,26,29). The van der Waals surface area contributed by atoms with Crippen LogP contribution in [0.15, 0.2) is 53.3 Å². The van der Waals surface area contributed by atoms with Crippen molar-refractivity contribution in [3.8, 4) is 5.69 Å². The number of carbonyl (C=O) groups excluding carboxylic acids is 1. The number of anilines is 1. The Morgan fingerprint density at radius 2 is 1.80 bits per heavy atom. The summed E-state index contributed by atoms with van der Waals surface area (Å²) in [5, 5.41) is 4.00. The number of amides is 1. The number of hydrogen-bond donors (Lipinski definition) is 2. The van der Waals surface area contributed by atoms with Crippen LogP contribution in [0.3, 0.4) is 0 Å². The Hall–Kier alpha value is -3.54. The van der Waals surface area contributed by atoms with Crippen LogP contribution < -0.4 is 10.9 Å². The maximum absolute atomic E-state index is 13.2. The highest BCUT2D eigenvalue weighted by Gasteiger charge is 2.22. The van der Waals surface area contributed by atoms with Crippen LogP contribution in [0.2, 0.25) is 0 Å². The average Bonchev–Trinajstić information content (AvgIpc) is 3.25. The maximum Gasteiger partial charge on any atom is 0.295 e. The first-order valence-corrected chi connectivity index (χ1v) is 10.3. The number of benzene rings is 2. The van der Waals surface area contributed by atoms with E-state index in [0.29, 0.717) is 16.9 Å². The fourth-order valence-electron chi connectivity index (χ4n) is 4.51. The van der Waals surface area contributed by atoms with Crippen LogP contribution in [-0.4, -0.2) is 20.3 Å². The summed E-state index contributed by atoms with van der Waals surface area (Å²) in [6.07, 6.45) is 4.41. The Morgan fingerprint density at radius 1 is 1.03 bits per heavy atom. The number of carbonyl (C=O) groups is 1. The summed E-state index contributed by atoms with van der Waals surface area (Å²) in [5.74, 6) is -0.273. The highest BCUT2D eigenvalue weighted by Crippen LogP contribution is 2.31. The molecule has 0 atom stereocenters. The lowest BCUT2D eigenvalue weighted by molar-refractivity contribution is 0.102. The van der Waals surface area contributed by atoms with E-state index >= 15 is 0 Å². The molecule has 30 heavy (non-hydrogen) atoms. The van der Waals surface area contributed by atoms with E-state index in [1.807, 2.05) is 56.4 Å². The predicted octanol–water partition coefficient (Wildman–Crippen LogP) is 4.10. The third-order valence-electron chi connectivity index (χ3n) is 6.17. The van der Waals surface area contributed by atoms with Gasteiger partial charge in [0, 0.05) is 18.1 Å². The number of hydrogen-bond acceptors (Lipinski definition) is 2. The number of fused-ring (bicyclic) bond motifs is 3. The molecule has 0 saturated heterocycles. The molecule has 5 rings (SSSR count). The van der Waals surface area contributed by atoms with E-state index in [9.17, 15) is 9.59 Å². The minimum absolute atomic E-state index is 0.243. The van der Waals surface area contributed by atoms with Crippen molar-refractivity contribution in [1.29, 1.82) is 0 Å². The van der Waals surface area contributed by atoms with Crippen LogP contribution in [-0.2, 0) is 19.9 Å². The van der Waals surface area contributed by atoms with Crippen molar-refractivity contribution >= 4 is 22.5 Å². The maximum atomic E-state index is 13.2. The lowest BCUT2D eigenvalue weighted by Gasteiger charge is -2.10. The molecule has 1 amide bonds. The third-order valence-corrected chi connectivity index (χ3v) is 6.17. The molecule has 0 spiro atoms. The normalized spacial score (nSPS) is 13.4. The van der Waals surface area contributed by atoms with E-state index < -0.39 is 0 Å². The molecule has 1 aliphatic rings. The van der Waals surface area contributed by atoms with E-state index in [-0.39, 0.29) is 11.5 Å². The summed E-state index contributed by atoms with van der Waals surface area (Å²) in [4.78, 5) is 29.8. The van der Waals surface area contributed by atoms with E-state index in [4.69, 9.17) is 0 Å². The molecular formula is C24H24N4O2. The number of aromatic amines is 1. The second-order valence-corrected chi connectivity index (χ2v) is 7.91. The Kier molecular flexibility index (Phi) is 4.35. The lowest BCUT2D eigenvalue weighted by Crippen LogP contribution is -2.23. The molecule has 0 aliphatic heterocycles. The molecule has 4 aromatic rings. The van der Waals surface area contributed by atoms with Crippen molar-refractivity contribution in [2.45, 2.75) is 32.6 Å². The molecule has 1 aliphatic carbocycles. The number of aromatic nitrogens is 3. The third kappa shape index (κ3) is 2.79. The predicted molar refractivity (Wildman–Crippen MR) is 119 cm³/mol. The molecule has 0 bridgehead atoms. The minimum Gasteiger partial charge on any atom is -0.358 e. The zero-order valence-corrected chi connectivity index (χ0v) is 17.2. The second-order valence-electron chi connectivity index (χ2n) is 7.91. The zero-order valence-electron chi connectivity index (χ0n) is 17.2. The van der Waals surface area contributed by atoms with Crippen LogP contribution >= 0.6 is 0 Å². The molecule has 2 heterocycles. The number of aryl methyl sites for hydroxylation is 2. The van der Waals surface area contributed by atoms with Gasteiger partial charge >= 0.3 is 0 Å². The van der Waals surface area contributed by atoms with E-state index in [1.54, 1.807) is 9.36 Å². The van der Waals surface area contributed by atoms with Crippen LogP contribution in [0.5, 0.6) is 0 Å². The van der Waals surface area contributed by atoms with Gasteiger partial charge in [0.1, 0.15) is 5.69 Å². The van der Waals surface area contributed by atoms with E-state index in [1.165, 1.54) is 24.1 Å². The molecule has 0 saturated carbocycles.